The van der Waals surface area contributed by atoms with E-state index in [-0.39, 0.29) is 16.7 Å². The molecule has 28 heavy (non-hydrogen) atoms. The van der Waals surface area contributed by atoms with Crippen molar-refractivity contribution in [1.29, 1.82) is 0 Å². The predicted molar refractivity (Wildman–Crippen MR) is 105 cm³/mol. The van der Waals surface area contributed by atoms with Crippen LogP contribution >= 0.6 is 0 Å². The third kappa shape index (κ3) is 3.39. The molecule has 1 aliphatic rings. The molecule has 1 amide bonds. The van der Waals surface area contributed by atoms with Gasteiger partial charge in [0.05, 0.1) is 16.2 Å². The molecule has 0 atom stereocenters. The molecular formula is C21H16N2O4S. The van der Waals surface area contributed by atoms with Gasteiger partial charge in [0.25, 0.3) is 5.91 Å². The van der Waals surface area contributed by atoms with Gasteiger partial charge in [-0.2, -0.15) is 0 Å². The lowest BCUT2D eigenvalue weighted by atomic mass is 10.1. The van der Waals surface area contributed by atoms with E-state index in [9.17, 15) is 13.2 Å². The number of carbonyl (C=O) groups excluding carboxylic acids is 1. The van der Waals surface area contributed by atoms with Crippen molar-refractivity contribution in [2.45, 2.75) is 4.90 Å². The second-order valence-corrected chi connectivity index (χ2v) is 8.29. The molecule has 7 heteroatoms. The highest BCUT2D eigenvalue weighted by molar-refractivity contribution is 7.90. The van der Waals surface area contributed by atoms with Crippen LogP contribution in [0, 0.1) is 0 Å². The van der Waals surface area contributed by atoms with Crippen LogP contribution in [0.15, 0.2) is 77.8 Å². The summed E-state index contributed by atoms with van der Waals surface area (Å²) in [7, 11) is -3.42. The fourth-order valence-electron chi connectivity index (χ4n) is 2.91. The first kappa shape index (κ1) is 17.9. The van der Waals surface area contributed by atoms with Gasteiger partial charge in [-0.05, 0) is 35.9 Å². The minimum Gasteiger partial charge on any atom is -0.351 e. The van der Waals surface area contributed by atoms with Crippen molar-refractivity contribution in [3.63, 3.8) is 0 Å². The van der Waals surface area contributed by atoms with E-state index in [1.165, 1.54) is 18.2 Å². The molecule has 2 heterocycles. The van der Waals surface area contributed by atoms with Crippen molar-refractivity contribution in [2.24, 2.45) is 0 Å². The number of rotatable bonds is 4. The summed E-state index contributed by atoms with van der Waals surface area (Å²) in [6, 6.07) is 19.0. The molecule has 0 aliphatic carbocycles. The Labute approximate surface area is 162 Å². The Bertz CT molecular complexity index is 1170. The van der Waals surface area contributed by atoms with Gasteiger partial charge in [0, 0.05) is 24.1 Å². The van der Waals surface area contributed by atoms with Crippen molar-refractivity contribution in [2.75, 3.05) is 6.26 Å². The molecule has 1 aliphatic heterocycles. The van der Waals surface area contributed by atoms with Gasteiger partial charge in [-0.3, -0.25) is 4.79 Å². The molecular weight excluding hydrogens is 376 g/mol. The summed E-state index contributed by atoms with van der Waals surface area (Å²) >= 11 is 0. The molecule has 0 saturated carbocycles. The van der Waals surface area contributed by atoms with Crippen LogP contribution in [0.2, 0.25) is 0 Å². The lowest BCUT2D eigenvalue weighted by Crippen LogP contribution is -2.27. The van der Waals surface area contributed by atoms with Crippen LogP contribution in [0.1, 0.15) is 21.5 Å². The molecule has 2 aromatic carbocycles. The minimum atomic E-state index is -3.42. The monoisotopic (exact) mass is 392 g/mol. The quantitative estimate of drug-likeness (QED) is 0.680. The number of aromatic nitrogens is 1. The third-order valence-electron chi connectivity index (χ3n) is 4.25. The van der Waals surface area contributed by atoms with Crippen molar-refractivity contribution in [3.8, 4) is 5.88 Å². The van der Waals surface area contributed by atoms with Gasteiger partial charge in [0.2, 0.25) is 5.88 Å². The lowest BCUT2D eigenvalue weighted by Gasteiger charge is -2.17. The molecule has 0 N–H and O–H groups in total. The Morgan fingerprint density at radius 2 is 1.71 bits per heavy atom. The van der Waals surface area contributed by atoms with Gasteiger partial charge < -0.3 is 4.84 Å². The first-order valence-electron chi connectivity index (χ1n) is 8.48. The largest absolute Gasteiger partial charge is 0.351 e. The standard InChI is InChI=1S/C21H16N2O4S/c1-28(25,26)16-10-11-17-18(14-16)19(13-15-7-3-2-4-8-15)23(21(17)24)27-20-9-5-6-12-22-20/h2-14H,1H3/b19-13+. The van der Waals surface area contributed by atoms with Gasteiger partial charge in [-0.15, -0.1) is 5.06 Å². The zero-order valence-corrected chi connectivity index (χ0v) is 15.8. The molecule has 0 bridgehead atoms. The zero-order valence-electron chi connectivity index (χ0n) is 14.9. The first-order chi connectivity index (χ1) is 13.4. The van der Waals surface area contributed by atoms with Gasteiger partial charge in [-0.25, -0.2) is 13.4 Å². The number of benzene rings is 2. The summed E-state index contributed by atoms with van der Waals surface area (Å²) in [5.41, 5.74) is 2.15. The average Bonchev–Trinajstić information content (AvgIpc) is 2.94. The fourth-order valence-corrected chi connectivity index (χ4v) is 3.56. The molecule has 3 aromatic rings. The first-order valence-corrected chi connectivity index (χ1v) is 10.4. The maximum Gasteiger partial charge on any atom is 0.292 e. The van der Waals surface area contributed by atoms with E-state index in [2.05, 4.69) is 4.98 Å². The molecule has 0 saturated heterocycles. The van der Waals surface area contributed by atoms with E-state index < -0.39 is 9.84 Å². The van der Waals surface area contributed by atoms with Crippen LogP contribution in [-0.4, -0.2) is 30.6 Å². The molecule has 0 fully saturated rings. The van der Waals surface area contributed by atoms with Crippen LogP contribution in [0.5, 0.6) is 5.88 Å². The normalized spacial score (nSPS) is 15.0. The number of hydrogen-bond donors (Lipinski definition) is 0. The number of amides is 1. The smallest absolute Gasteiger partial charge is 0.292 e. The molecule has 140 valence electrons. The van der Waals surface area contributed by atoms with Crippen molar-refractivity contribution < 1.29 is 18.0 Å². The fraction of sp³-hybridized carbons (Fsp3) is 0.0476. The number of carbonyl (C=O) groups is 1. The summed E-state index contributed by atoms with van der Waals surface area (Å²) in [4.78, 5) is 22.9. The summed E-state index contributed by atoms with van der Waals surface area (Å²) in [5.74, 6) is -0.131. The highest BCUT2D eigenvalue weighted by Gasteiger charge is 2.35. The van der Waals surface area contributed by atoms with E-state index in [4.69, 9.17) is 4.84 Å². The van der Waals surface area contributed by atoms with E-state index in [1.807, 2.05) is 30.3 Å². The van der Waals surface area contributed by atoms with E-state index in [0.717, 1.165) is 16.9 Å². The van der Waals surface area contributed by atoms with Crippen molar-refractivity contribution >= 4 is 27.5 Å². The highest BCUT2D eigenvalue weighted by Crippen LogP contribution is 2.36. The number of hydroxylamine groups is 2. The Morgan fingerprint density at radius 3 is 2.39 bits per heavy atom. The molecule has 0 radical (unpaired) electrons. The predicted octanol–water partition coefficient (Wildman–Crippen LogP) is 3.43. The number of pyridine rings is 1. The Kier molecular flexibility index (Phi) is 4.44. The Hall–Kier alpha value is -3.45. The molecule has 0 unspecified atom stereocenters. The highest BCUT2D eigenvalue weighted by atomic mass is 32.2. The topological polar surface area (TPSA) is 76.6 Å². The SMILES string of the molecule is CS(=O)(=O)c1ccc2c(c1)/C(=C\c1ccccc1)N(Oc1ccccn1)C2=O. The van der Waals surface area contributed by atoms with E-state index >= 15 is 0 Å². The van der Waals surface area contributed by atoms with Gasteiger partial charge >= 0.3 is 0 Å². The lowest BCUT2D eigenvalue weighted by molar-refractivity contribution is 0.0107. The van der Waals surface area contributed by atoms with Crippen molar-refractivity contribution in [1.82, 2.24) is 10.0 Å². The summed E-state index contributed by atoms with van der Waals surface area (Å²) in [6.07, 6.45) is 4.47. The molecule has 6 nitrogen and oxygen atoms in total. The minimum absolute atomic E-state index is 0.137. The average molecular weight is 392 g/mol. The van der Waals surface area contributed by atoms with Crippen molar-refractivity contribution in [3.05, 3.63) is 89.6 Å². The Balaban J connectivity index is 1.86. The van der Waals surface area contributed by atoms with Gasteiger partial charge in [0.15, 0.2) is 9.84 Å². The maximum absolute atomic E-state index is 12.9. The Morgan fingerprint density at radius 1 is 0.964 bits per heavy atom. The van der Waals surface area contributed by atoms with Crippen LogP contribution in [0.4, 0.5) is 0 Å². The third-order valence-corrected chi connectivity index (χ3v) is 5.36. The second-order valence-electron chi connectivity index (χ2n) is 6.28. The maximum atomic E-state index is 12.9. The summed E-state index contributed by atoms with van der Waals surface area (Å²) < 4.78 is 24.0. The van der Waals surface area contributed by atoms with E-state index in [0.29, 0.717) is 16.8 Å². The summed E-state index contributed by atoms with van der Waals surface area (Å²) in [6.45, 7) is 0. The summed E-state index contributed by atoms with van der Waals surface area (Å²) in [5, 5.41) is 1.14. The number of sulfone groups is 1. The van der Waals surface area contributed by atoms with Gasteiger partial charge in [0.1, 0.15) is 0 Å². The van der Waals surface area contributed by atoms with E-state index in [1.54, 1.807) is 30.5 Å². The number of hydrogen-bond acceptors (Lipinski definition) is 5. The van der Waals surface area contributed by atoms with Crippen LogP contribution in [0.25, 0.3) is 11.8 Å². The number of fused-ring (bicyclic) bond motifs is 1. The molecule has 1 aromatic heterocycles. The number of nitrogens with zero attached hydrogens (tertiary/aromatic N) is 2. The van der Waals surface area contributed by atoms with Crippen LogP contribution < -0.4 is 4.84 Å². The molecule has 0 spiro atoms. The van der Waals surface area contributed by atoms with Gasteiger partial charge in [-0.1, -0.05) is 36.4 Å². The van der Waals surface area contributed by atoms with Crippen LogP contribution in [-0.2, 0) is 9.84 Å². The second kappa shape index (κ2) is 6.94. The molecule has 4 rings (SSSR count). The van der Waals surface area contributed by atoms with Crippen LogP contribution in [0.3, 0.4) is 0 Å². The zero-order chi connectivity index (χ0) is 19.7.